The van der Waals surface area contributed by atoms with Crippen LogP contribution in [0.1, 0.15) is 17.6 Å². The molecule has 0 amide bonds. The van der Waals surface area contributed by atoms with Crippen molar-refractivity contribution in [2.75, 3.05) is 26.3 Å². The molecule has 1 atom stereocenters. The lowest BCUT2D eigenvalue weighted by molar-refractivity contribution is 0.0260. The molecule has 1 fully saturated rings. The fraction of sp³-hybridized carbons (Fsp3) is 0.636. The van der Waals surface area contributed by atoms with E-state index in [0.29, 0.717) is 24.1 Å². The number of aryl methyl sites for hydroxylation is 1. The first-order valence-corrected chi connectivity index (χ1v) is 5.93. The summed E-state index contributed by atoms with van der Waals surface area (Å²) in [7, 11) is 1.85. The first-order chi connectivity index (χ1) is 8.15. The SMILES string of the molecule is Cc1nc(C(C#N)N2CCOCC2)c(Cl)n1C. The molecule has 0 aliphatic carbocycles. The van der Waals surface area contributed by atoms with Gasteiger partial charge in [0.2, 0.25) is 0 Å². The van der Waals surface area contributed by atoms with E-state index in [1.165, 1.54) is 0 Å². The van der Waals surface area contributed by atoms with E-state index in [1.807, 2.05) is 14.0 Å². The van der Waals surface area contributed by atoms with Gasteiger partial charge < -0.3 is 9.30 Å². The fourth-order valence-electron chi connectivity index (χ4n) is 1.93. The van der Waals surface area contributed by atoms with Crippen molar-refractivity contribution in [3.8, 4) is 6.07 Å². The predicted molar refractivity (Wildman–Crippen MR) is 63.7 cm³/mol. The summed E-state index contributed by atoms with van der Waals surface area (Å²) in [5.41, 5.74) is 0.649. The van der Waals surface area contributed by atoms with Gasteiger partial charge in [-0.1, -0.05) is 11.6 Å². The number of aromatic nitrogens is 2. The number of hydrogen-bond acceptors (Lipinski definition) is 4. The van der Waals surface area contributed by atoms with E-state index in [9.17, 15) is 5.26 Å². The van der Waals surface area contributed by atoms with Crippen molar-refractivity contribution in [3.63, 3.8) is 0 Å². The lowest BCUT2D eigenvalue weighted by Crippen LogP contribution is -2.38. The highest BCUT2D eigenvalue weighted by Crippen LogP contribution is 2.27. The van der Waals surface area contributed by atoms with Gasteiger partial charge in [-0.25, -0.2) is 4.98 Å². The molecule has 0 saturated carbocycles. The Balaban J connectivity index is 2.28. The Kier molecular flexibility index (Phi) is 3.67. The summed E-state index contributed by atoms with van der Waals surface area (Å²) in [6.45, 7) is 4.67. The molecule has 1 saturated heterocycles. The van der Waals surface area contributed by atoms with Gasteiger partial charge in [0.25, 0.3) is 0 Å². The van der Waals surface area contributed by atoms with Crippen LogP contribution >= 0.6 is 11.6 Å². The minimum absolute atomic E-state index is 0.383. The van der Waals surface area contributed by atoms with Gasteiger partial charge in [-0.2, -0.15) is 5.26 Å². The van der Waals surface area contributed by atoms with Crippen molar-refractivity contribution < 1.29 is 4.74 Å². The Morgan fingerprint density at radius 3 is 2.59 bits per heavy atom. The van der Waals surface area contributed by atoms with Gasteiger partial charge in [0.1, 0.15) is 22.7 Å². The van der Waals surface area contributed by atoms with Gasteiger partial charge in [0.05, 0.1) is 19.3 Å². The second-order valence-corrected chi connectivity index (χ2v) is 4.43. The summed E-state index contributed by atoms with van der Waals surface area (Å²) in [6, 6.07) is 1.90. The number of imidazole rings is 1. The Labute approximate surface area is 106 Å². The average molecular weight is 255 g/mol. The lowest BCUT2D eigenvalue weighted by atomic mass is 10.2. The molecule has 0 bridgehead atoms. The van der Waals surface area contributed by atoms with Gasteiger partial charge >= 0.3 is 0 Å². The largest absolute Gasteiger partial charge is 0.379 e. The van der Waals surface area contributed by atoms with E-state index in [2.05, 4.69) is 16.0 Å². The molecule has 1 aromatic rings. The topological polar surface area (TPSA) is 54.1 Å². The molecule has 1 aromatic heterocycles. The van der Waals surface area contributed by atoms with Crippen molar-refractivity contribution >= 4 is 11.6 Å². The summed E-state index contributed by atoms with van der Waals surface area (Å²) in [6.07, 6.45) is 0. The van der Waals surface area contributed by atoms with Crippen LogP contribution in [-0.2, 0) is 11.8 Å². The van der Waals surface area contributed by atoms with Crippen LogP contribution in [0.5, 0.6) is 0 Å². The predicted octanol–water partition coefficient (Wildman–Crippen LogP) is 1.28. The quantitative estimate of drug-likeness (QED) is 0.798. The van der Waals surface area contributed by atoms with Crippen LogP contribution in [0, 0.1) is 18.3 Å². The third kappa shape index (κ3) is 2.29. The van der Waals surface area contributed by atoms with Crippen molar-refractivity contribution in [2.24, 2.45) is 7.05 Å². The minimum Gasteiger partial charge on any atom is -0.379 e. The summed E-state index contributed by atoms with van der Waals surface area (Å²) in [4.78, 5) is 6.43. The standard InChI is InChI=1S/C11H15ClN4O/c1-8-14-10(11(12)15(8)2)9(7-13)16-3-5-17-6-4-16/h9H,3-6H2,1-2H3. The molecule has 2 heterocycles. The number of morpholine rings is 1. The Morgan fingerprint density at radius 2 is 2.12 bits per heavy atom. The first kappa shape index (κ1) is 12.4. The molecule has 1 unspecified atom stereocenters. The van der Waals surface area contributed by atoms with Gasteiger partial charge in [-0.3, -0.25) is 4.90 Å². The second kappa shape index (κ2) is 5.05. The molecule has 0 N–H and O–H groups in total. The Bertz CT molecular complexity index is 445. The second-order valence-electron chi connectivity index (χ2n) is 4.07. The van der Waals surface area contributed by atoms with E-state index >= 15 is 0 Å². The Morgan fingerprint density at radius 1 is 1.47 bits per heavy atom. The third-order valence-electron chi connectivity index (χ3n) is 3.07. The molecule has 92 valence electrons. The maximum absolute atomic E-state index is 9.32. The normalized spacial score (nSPS) is 18.9. The maximum Gasteiger partial charge on any atom is 0.144 e. The number of ether oxygens (including phenoxy) is 1. The van der Waals surface area contributed by atoms with Crippen LogP contribution in [-0.4, -0.2) is 40.8 Å². The van der Waals surface area contributed by atoms with Crippen molar-refractivity contribution in [3.05, 3.63) is 16.7 Å². The highest BCUT2D eigenvalue weighted by molar-refractivity contribution is 6.30. The molecule has 2 rings (SSSR count). The van der Waals surface area contributed by atoms with Gasteiger partial charge in [0, 0.05) is 20.1 Å². The van der Waals surface area contributed by atoms with Gasteiger partial charge in [0.15, 0.2) is 0 Å². The molecule has 0 radical (unpaired) electrons. The zero-order valence-electron chi connectivity index (χ0n) is 9.98. The summed E-state index contributed by atoms with van der Waals surface area (Å²) >= 11 is 6.20. The number of rotatable bonds is 2. The van der Waals surface area contributed by atoms with E-state index in [-0.39, 0.29) is 6.04 Å². The molecule has 0 aromatic carbocycles. The summed E-state index contributed by atoms with van der Waals surface area (Å²) in [5.74, 6) is 0.818. The summed E-state index contributed by atoms with van der Waals surface area (Å²) < 4.78 is 7.07. The monoisotopic (exact) mass is 254 g/mol. The molecule has 17 heavy (non-hydrogen) atoms. The van der Waals surface area contributed by atoms with Crippen LogP contribution in [0.2, 0.25) is 5.15 Å². The molecule has 6 heteroatoms. The molecular weight excluding hydrogens is 240 g/mol. The van der Waals surface area contributed by atoms with Crippen LogP contribution in [0.25, 0.3) is 0 Å². The zero-order chi connectivity index (χ0) is 12.4. The number of hydrogen-bond donors (Lipinski definition) is 0. The Hall–Kier alpha value is -1.09. The van der Waals surface area contributed by atoms with Gasteiger partial charge in [-0.15, -0.1) is 0 Å². The lowest BCUT2D eigenvalue weighted by Gasteiger charge is -2.29. The highest BCUT2D eigenvalue weighted by atomic mass is 35.5. The van der Waals surface area contributed by atoms with Crippen molar-refractivity contribution in [2.45, 2.75) is 13.0 Å². The summed E-state index contributed by atoms with van der Waals surface area (Å²) in [5, 5.41) is 9.86. The molecular formula is C11H15ClN4O. The van der Waals surface area contributed by atoms with Crippen molar-refractivity contribution in [1.29, 1.82) is 5.26 Å². The highest BCUT2D eigenvalue weighted by Gasteiger charge is 2.27. The molecule has 5 nitrogen and oxygen atoms in total. The molecule has 1 aliphatic rings. The maximum atomic E-state index is 9.32. The number of halogens is 1. The van der Waals surface area contributed by atoms with E-state index in [1.54, 1.807) is 4.57 Å². The van der Waals surface area contributed by atoms with E-state index in [0.717, 1.165) is 18.9 Å². The fourth-order valence-corrected chi connectivity index (χ4v) is 2.20. The smallest absolute Gasteiger partial charge is 0.144 e. The van der Waals surface area contributed by atoms with Crippen LogP contribution < -0.4 is 0 Å². The minimum atomic E-state index is -0.383. The van der Waals surface area contributed by atoms with Gasteiger partial charge in [-0.05, 0) is 6.92 Å². The number of nitrogens with zero attached hydrogens (tertiary/aromatic N) is 4. The first-order valence-electron chi connectivity index (χ1n) is 5.55. The number of nitriles is 1. The van der Waals surface area contributed by atoms with Crippen LogP contribution in [0.15, 0.2) is 0 Å². The third-order valence-corrected chi connectivity index (χ3v) is 3.51. The van der Waals surface area contributed by atoms with E-state index < -0.39 is 0 Å². The van der Waals surface area contributed by atoms with Crippen LogP contribution in [0.4, 0.5) is 0 Å². The van der Waals surface area contributed by atoms with E-state index in [4.69, 9.17) is 16.3 Å². The average Bonchev–Trinajstić information content (AvgIpc) is 2.60. The van der Waals surface area contributed by atoms with Crippen molar-refractivity contribution in [1.82, 2.24) is 14.5 Å². The molecule has 1 aliphatic heterocycles. The zero-order valence-corrected chi connectivity index (χ0v) is 10.7. The van der Waals surface area contributed by atoms with Crippen LogP contribution in [0.3, 0.4) is 0 Å². The molecule has 0 spiro atoms.